The molecule has 1 N–H and O–H groups in total. The molecule has 3 aromatic rings. The molecule has 0 aliphatic carbocycles. The number of amides is 1. The molecule has 0 saturated heterocycles. The first-order valence-corrected chi connectivity index (χ1v) is 7.62. The maximum atomic E-state index is 13.8. The highest BCUT2D eigenvalue weighted by Gasteiger charge is 2.14. The number of halogens is 2. The number of para-hydroxylation sites is 1. The molecule has 0 fully saturated rings. The summed E-state index contributed by atoms with van der Waals surface area (Å²) < 4.78 is 33.7. The molecule has 0 spiro atoms. The van der Waals surface area contributed by atoms with Crippen LogP contribution in [0.25, 0.3) is 5.69 Å². The van der Waals surface area contributed by atoms with Gasteiger partial charge in [-0.15, -0.1) is 0 Å². The normalized spacial score (nSPS) is 10.5. The second-order valence-corrected chi connectivity index (χ2v) is 5.12. The SMILES string of the molecule is CCOc1cc(F)ccc1NC(=O)c1ccn(-c2ccccc2F)n1. The van der Waals surface area contributed by atoms with Gasteiger partial charge in [-0.2, -0.15) is 5.10 Å². The lowest BCUT2D eigenvalue weighted by Crippen LogP contribution is -2.14. The smallest absolute Gasteiger partial charge is 0.276 e. The lowest BCUT2D eigenvalue weighted by molar-refractivity contribution is 0.102. The number of hydrogen-bond acceptors (Lipinski definition) is 3. The lowest BCUT2D eigenvalue weighted by Gasteiger charge is -2.10. The van der Waals surface area contributed by atoms with E-state index in [-0.39, 0.29) is 17.1 Å². The van der Waals surface area contributed by atoms with E-state index in [4.69, 9.17) is 4.74 Å². The fourth-order valence-corrected chi connectivity index (χ4v) is 2.28. The van der Waals surface area contributed by atoms with Gasteiger partial charge < -0.3 is 10.1 Å². The Morgan fingerprint density at radius 2 is 2.00 bits per heavy atom. The molecule has 1 aromatic heterocycles. The number of ether oxygens (including phenoxy) is 1. The molecular weight excluding hydrogens is 328 g/mol. The molecule has 0 unspecified atom stereocenters. The highest BCUT2D eigenvalue weighted by molar-refractivity contribution is 6.03. The third-order valence-electron chi connectivity index (χ3n) is 3.41. The zero-order valence-corrected chi connectivity index (χ0v) is 13.4. The number of anilines is 1. The summed E-state index contributed by atoms with van der Waals surface area (Å²) in [5.41, 5.74) is 0.655. The minimum absolute atomic E-state index is 0.0926. The second kappa shape index (κ2) is 7.12. The first-order chi connectivity index (χ1) is 12.1. The Labute approximate surface area is 142 Å². The van der Waals surface area contributed by atoms with Gasteiger partial charge in [0, 0.05) is 12.3 Å². The number of hydrogen-bond donors (Lipinski definition) is 1. The fourth-order valence-electron chi connectivity index (χ4n) is 2.28. The van der Waals surface area contributed by atoms with Gasteiger partial charge in [0.25, 0.3) is 5.91 Å². The number of aromatic nitrogens is 2. The van der Waals surface area contributed by atoms with Crippen molar-refractivity contribution in [2.24, 2.45) is 0 Å². The van der Waals surface area contributed by atoms with Crippen molar-refractivity contribution in [1.82, 2.24) is 9.78 Å². The van der Waals surface area contributed by atoms with Crippen LogP contribution >= 0.6 is 0 Å². The van der Waals surface area contributed by atoms with Crippen molar-refractivity contribution in [3.63, 3.8) is 0 Å². The minimum atomic E-state index is -0.511. The maximum Gasteiger partial charge on any atom is 0.276 e. The van der Waals surface area contributed by atoms with Gasteiger partial charge in [-0.3, -0.25) is 4.79 Å². The van der Waals surface area contributed by atoms with E-state index in [0.717, 1.165) is 0 Å². The summed E-state index contributed by atoms with van der Waals surface area (Å²) in [4.78, 5) is 12.4. The largest absolute Gasteiger partial charge is 0.492 e. The van der Waals surface area contributed by atoms with Gasteiger partial charge >= 0.3 is 0 Å². The average molecular weight is 343 g/mol. The summed E-state index contributed by atoms with van der Waals surface area (Å²) in [5.74, 6) is -1.20. The van der Waals surface area contributed by atoms with Gasteiger partial charge in [0.2, 0.25) is 0 Å². The first kappa shape index (κ1) is 16.6. The zero-order valence-electron chi connectivity index (χ0n) is 13.4. The van der Waals surface area contributed by atoms with E-state index < -0.39 is 17.5 Å². The Kier molecular flexibility index (Phi) is 4.74. The molecule has 0 bridgehead atoms. The molecule has 0 radical (unpaired) electrons. The molecule has 0 saturated carbocycles. The molecule has 0 aliphatic rings. The van der Waals surface area contributed by atoms with Crippen LogP contribution in [-0.2, 0) is 0 Å². The third-order valence-corrected chi connectivity index (χ3v) is 3.41. The number of benzene rings is 2. The number of carbonyl (C=O) groups is 1. The molecule has 128 valence electrons. The predicted molar refractivity (Wildman–Crippen MR) is 89.0 cm³/mol. The van der Waals surface area contributed by atoms with Gasteiger partial charge in [-0.1, -0.05) is 12.1 Å². The highest BCUT2D eigenvalue weighted by atomic mass is 19.1. The monoisotopic (exact) mass is 343 g/mol. The minimum Gasteiger partial charge on any atom is -0.492 e. The number of nitrogens with zero attached hydrogens (tertiary/aromatic N) is 2. The quantitative estimate of drug-likeness (QED) is 0.767. The van der Waals surface area contributed by atoms with E-state index in [2.05, 4.69) is 10.4 Å². The van der Waals surface area contributed by atoms with Crippen molar-refractivity contribution in [1.29, 1.82) is 0 Å². The fraction of sp³-hybridized carbons (Fsp3) is 0.111. The summed E-state index contributed by atoms with van der Waals surface area (Å²) in [6, 6.07) is 11.4. The van der Waals surface area contributed by atoms with Crippen LogP contribution in [0, 0.1) is 11.6 Å². The summed E-state index contributed by atoms with van der Waals surface area (Å²) in [6.07, 6.45) is 1.49. The Bertz CT molecular complexity index is 909. The van der Waals surface area contributed by atoms with Crippen LogP contribution in [0.2, 0.25) is 0 Å². The summed E-state index contributed by atoms with van der Waals surface area (Å²) in [6.45, 7) is 2.08. The molecule has 25 heavy (non-hydrogen) atoms. The van der Waals surface area contributed by atoms with Crippen LogP contribution in [0.5, 0.6) is 5.75 Å². The second-order valence-electron chi connectivity index (χ2n) is 5.12. The van der Waals surface area contributed by atoms with Gasteiger partial charge in [0.15, 0.2) is 5.69 Å². The van der Waals surface area contributed by atoms with Crippen molar-refractivity contribution in [2.75, 3.05) is 11.9 Å². The average Bonchev–Trinajstić information content (AvgIpc) is 3.08. The number of nitrogens with one attached hydrogen (secondary N) is 1. The number of rotatable bonds is 5. The van der Waals surface area contributed by atoms with E-state index in [1.54, 1.807) is 25.1 Å². The topological polar surface area (TPSA) is 56.1 Å². The Hall–Kier alpha value is -3.22. The summed E-state index contributed by atoms with van der Waals surface area (Å²) in [5, 5.41) is 6.70. The van der Waals surface area contributed by atoms with Crippen LogP contribution in [0.15, 0.2) is 54.7 Å². The van der Waals surface area contributed by atoms with E-state index >= 15 is 0 Å². The molecule has 7 heteroatoms. The molecule has 0 aliphatic heterocycles. The van der Waals surface area contributed by atoms with Crippen LogP contribution in [0.4, 0.5) is 14.5 Å². The molecular formula is C18H15F2N3O2. The summed E-state index contributed by atoms with van der Waals surface area (Å²) >= 11 is 0. The van der Waals surface area contributed by atoms with Crippen LogP contribution in [0.1, 0.15) is 17.4 Å². The van der Waals surface area contributed by atoms with Crippen molar-refractivity contribution in [3.8, 4) is 11.4 Å². The Morgan fingerprint density at radius 3 is 2.76 bits per heavy atom. The molecule has 1 heterocycles. The first-order valence-electron chi connectivity index (χ1n) is 7.62. The van der Waals surface area contributed by atoms with Gasteiger partial charge in [-0.25, -0.2) is 13.5 Å². The lowest BCUT2D eigenvalue weighted by atomic mass is 10.2. The molecule has 0 atom stereocenters. The van der Waals surface area contributed by atoms with Gasteiger partial charge in [0.05, 0.1) is 12.3 Å². The predicted octanol–water partition coefficient (Wildman–Crippen LogP) is 3.80. The number of carbonyl (C=O) groups excluding carboxylic acids is 1. The van der Waals surface area contributed by atoms with Crippen molar-refractivity contribution < 1.29 is 18.3 Å². The van der Waals surface area contributed by atoms with E-state index in [9.17, 15) is 13.6 Å². The standard InChI is InChI=1S/C18H15F2N3O2/c1-2-25-17-11-12(19)7-8-14(17)21-18(24)15-9-10-23(22-15)16-6-4-3-5-13(16)20/h3-11H,2H2,1H3,(H,21,24). The Morgan fingerprint density at radius 1 is 1.20 bits per heavy atom. The maximum absolute atomic E-state index is 13.8. The molecule has 5 nitrogen and oxygen atoms in total. The molecule has 2 aromatic carbocycles. The summed E-state index contributed by atoms with van der Waals surface area (Å²) in [7, 11) is 0. The van der Waals surface area contributed by atoms with Crippen LogP contribution in [0.3, 0.4) is 0 Å². The van der Waals surface area contributed by atoms with Crippen molar-refractivity contribution in [2.45, 2.75) is 6.92 Å². The zero-order chi connectivity index (χ0) is 17.8. The van der Waals surface area contributed by atoms with Crippen LogP contribution in [-0.4, -0.2) is 22.3 Å². The Balaban J connectivity index is 1.82. The third kappa shape index (κ3) is 3.65. The van der Waals surface area contributed by atoms with E-state index in [1.807, 2.05) is 0 Å². The van der Waals surface area contributed by atoms with Crippen LogP contribution < -0.4 is 10.1 Å². The van der Waals surface area contributed by atoms with Gasteiger partial charge in [-0.05, 0) is 37.3 Å². The molecule has 3 rings (SSSR count). The van der Waals surface area contributed by atoms with E-state index in [0.29, 0.717) is 12.3 Å². The van der Waals surface area contributed by atoms with Gasteiger partial charge in [0.1, 0.15) is 23.1 Å². The molecule has 1 amide bonds. The highest BCUT2D eigenvalue weighted by Crippen LogP contribution is 2.26. The van der Waals surface area contributed by atoms with Crippen molar-refractivity contribution in [3.05, 3.63) is 72.1 Å². The van der Waals surface area contributed by atoms with Crippen molar-refractivity contribution >= 4 is 11.6 Å². The van der Waals surface area contributed by atoms with E-state index in [1.165, 1.54) is 41.2 Å².